The maximum atomic E-state index is 12.3. The van der Waals surface area contributed by atoms with Crippen LogP contribution in [0.2, 0.25) is 0 Å². The van der Waals surface area contributed by atoms with Crippen LogP contribution in [0.4, 0.5) is 5.82 Å². The maximum absolute atomic E-state index is 12.3. The first-order valence-corrected chi connectivity index (χ1v) is 7.65. The summed E-state index contributed by atoms with van der Waals surface area (Å²) >= 11 is 3.36. The van der Waals surface area contributed by atoms with Crippen molar-refractivity contribution in [1.82, 2.24) is 10.3 Å². The van der Waals surface area contributed by atoms with Gasteiger partial charge in [0.1, 0.15) is 5.82 Å². The van der Waals surface area contributed by atoms with E-state index in [1.54, 1.807) is 6.20 Å². The monoisotopic (exact) mass is 341 g/mol. The van der Waals surface area contributed by atoms with Crippen LogP contribution in [0.3, 0.4) is 0 Å². The van der Waals surface area contributed by atoms with Crippen LogP contribution in [0.1, 0.15) is 18.9 Å². The second-order valence-electron chi connectivity index (χ2n) is 5.01. The molecule has 1 fully saturated rings. The van der Waals surface area contributed by atoms with Gasteiger partial charge in [-0.1, -0.05) is 6.92 Å². The number of pyridine rings is 1. The van der Waals surface area contributed by atoms with E-state index in [9.17, 15) is 4.79 Å². The van der Waals surface area contributed by atoms with Gasteiger partial charge in [-0.25, -0.2) is 4.98 Å². The molecule has 1 aliphatic heterocycles. The second kappa shape index (κ2) is 7.15. The summed E-state index contributed by atoms with van der Waals surface area (Å²) in [5.74, 6) is 0.416. The van der Waals surface area contributed by atoms with Gasteiger partial charge in [0.15, 0.2) is 0 Å². The van der Waals surface area contributed by atoms with E-state index in [0.717, 1.165) is 23.0 Å². The zero-order valence-electron chi connectivity index (χ0n) is 11.8. The van der Waals surface area contributed by atoms with Crippen LogP contribution >= 0.6 is 15.9 Å². The SMILES string of the molecule is CCCNC1COCC1C(=O)Nc1ncc(Br)cc1C. The van der Waals surface area contributed by atoms with Crippen molar-refractivity contribution in [3.8, 4) is 0 Å². The quantitative estimate of drug-likeness (QED) is 0.860. The third-order valence-electron chi connectivity index (χ3n) is 3.36. The average Bonchev–Trinajstić information content (AvgIpc) is 2.88. The highest BCUT2D eigenvalue weighted by Crippen LogP contribution is 2.20. The zero-order chi connectivity index (χ0) is 14.5. The Balaban J connectivity index is 2.00. The van der Waals surface area contributed by atoms with Crippen molar-refractivity contribution in [2.75, 3.05) is 25.1 Å². The molecule has 2 N–H and O–H groups in total. The summed E-state index contributed by atoms with van der Waals surface area (Å²) in [7, 11) is 0. The lowest BCUT2D eigenvalue weighted by Gasteiger charge is -2.18. The van der Waals surface area contributed by atoms with E-state index in [1.807, 2.05) is 13.0 Å². The lowest BCUT2D eigenvalue weighted by atomic mass is 10.0. The summed E-state index contributed by atoms with van der Waals surface area (Å²) in [6.45, 7) is 5.97. The number of halogens is 1. The number of aryl methyl sites for hydroxylation is 1. The molecule has 1 aliphatic rings. The molecule has 2 atom stereocenters. The Morgan fingerprint density at radius 1 is 1.55 bits per heavy atom. The molecule has 0 aliphatic carbocycles. The van der Waals surface area contributed by atoms with Crippen LogP contribution in [0, 0.1) is 12.8 Å². The Morgan fingerprint density at radius 2 is 2.35 bits per heavy atom. The number of rotatable bonds is 5. The fourth-order valence-electron chi connectivity index (χ4n) is 2.22. The first kappa shape index (κ1) is 15.4. The molecule has 1 aromatic heterocycles. The van der Waals surface area contributed by atoms with E-state index < -0.39 is 0 Å². The molecule has 2 heterocycles. The fourth-order valence-corrected chi connectivity index (χ4v) is 2.67. The minimum atomic E-state index is -0.161. The summed E-state index contributed by atoms with van der Waals surface area (Å²) in [6.07, 6.45) is 2.72. The Labute approximate surface area is 127 Å². The molecule has 6 heteroatoms. The number of aromatic nitrogens is 1. The number of nitrogens with one attached hydrogen (secondary N) is 2. The fraction of sp³-hybridized carbons (Fsp3) is 0.571. The lowest BCUT2D eigenvalue weighted by molar-refractivity contribution is -0.120. The zero-order valence-corrected chi connectivity index (χ0v) is 13.4. The predicted molar refractivity (Wildman–Crippen MR) is 81.7 cm³/mol. The first-order chi connectivity index (χ1) is 9.61. The number of hydrogen-bond donors (Lipinski definition) is 2. The molecule has 2 rings (SSSR count). The molecule has 0 aromatic carbocycles. The Hall–Kier alpha value is -0.980. The molecular formula is C14H20BrN3O2. The Bertz CT molecular complexity index is 481. The molecule has 0 radical (unpaired) electrons. The van der Waals surface area contributed by atoms with E-state index in [1.165, 1.54) is 0 Å². The van der Waals surface area contributed by atoms with Gasteiger partial charge in [0.25, 0.3) is 0 Å². The third-order valence-corrected chi connectivity index (χ3v) is 3.79. The summed E-state index contributed by atoms with van der Waals surface area (Å²) in [5, 5.41) is 6.25. The highest BCUT2D eigenvalue weighted by molar-refractivity contribution is 9.10. The van der Waals surface area contributed by atoms with Crippen LogP contribution in [0.15, 0.2) is 16.7 Å². The number of amides is 1. The first-order valence-electron chi connectivity index (χ1n) is 6.86. The van der Waals surface area contributed by atoms with Crippen molar-refractivity contribution in [3.05, 3.63) is 22.3 Å². The van der Waals surface area contributed by atoms with Crippen molar-refractivity contribution in [3.63, 3.8) is 0 Å². The topological polar surface area (TPSA) is 63.2 Å². The third kappa shape index (κ3) is 3.77. The Morgan fingerprint density at radius 3 is 3.05 bits per heavy atom. The molecular weight excluding hydrogens is 322 g/mol. The normalized spacial score (nSPS) is 21.9. The van der Waals surface area contributed by atoms with Crippen molar-refractivity contribution in [2.24, 2.45) is 5.92 Å². The highest BCUT2D eigenvalue weighted by atomic mass is 79.9. The minimum absolute atomic E-state index is 0.0333. The van der Waals surface area contributed by atoms with E-state index in [-0.39, 0.29) is 17.9 Å². The van der Waals surface area contributed by atoms with Gasteiger partial charge in [-0.2, -0.15) is 0 Å². The van der Waals surface area contributed by atoms with E-state index in [0.29, 0.717) is 19.0 Å². The molecule has 0 spiro atoms. The van der Waals surface area contributed by atoms with Crippen LogP contribution in [0.25, 0.3) is 0 Å². The largest absolute Gasteiger partial charge is 0.379 e. The van der Waals surface area contributed by atoms with Gasteiger partial charge in [-0.05, 0) is 47.4 Å². The summed E-state index contributed by atoms with van der Waals surface area (Å²) in [4.78, 5) is 16.6. The predicted octanol–water partition coefficient (Wildman–Crippen LogP) is 2.11. The number of carbonyl (C=O) groups is 1. The average molecular weight is 342 g/mol. The Kier molecular flexibility index (Phi) is 5.51. The maximum Gasteiger partial charge on any atom is 0.232 e. The number of nitrogens with zero attached hydrogens (tertiary/aromatic N) is 1. The summed E-state index contributed by atoms with van der Waals surface area (Å²) in [6, 6.07) is 2.02. The van der Waals surface area contributed by atoms with Crippen LogP contribution in [-0.4, -0.2) is 36.7 Å². The standard InChI is InChI=1S/C14H20BrN3O2/c1-3-4-16-12-8-20-7-11(12)14(19)18-13-9(2)5-10(15)6-17-13/h5-6,11-12,16H,3-4,7-8H2,1-2H3,(H,17,18,19). The van der Waals surface area contributed by atoms with Gasteiger partial charge in [-0.15, -0.1) is 0 Å². The molecule has 2 unspecified atom stereocenters. The van der Waals surface area contributed by atoms with E-state index in [2.05, 4.69) is 38.5 Å². The van der Waals surface area contributed by atoms with E-state index >= 15 is 0 Å². The summed E-state index contributed by atoms with van der Waals surface area (Å²) in [5.41, 5.74) is 0.935. The smallest absolute Gasteiger partial charge is 0.232 e. The lowest BCUT2D eigenvalue weighted by Crippen LogP contribution is -2.41. The van der Waals surface area contributed by atoms with Crippen molar-refractivity contribution in [1.29, 1.82) is 0 Å². The van der Waals surface area contributed by atoms with Crippen LogP contribution in [0.5, 0.6) is 0 Å². The molecule has 20 heavy (non-hydrogen) atoms. The van der Waals surface area contributed by atoms with Gasteiger partial charge >= 0.3 is 0 Å². The van der Waals surface area contributed by atoms with Gasteiger partial charge in [0, 0.05) is 16.7 Å². The number of ether oxygens (including phenoxy) is 1. The molecule has 1 amide bonds. The molecule has 1 aromatic rings. The number of hydrogen-bond acceptors (Lipinski definition) is 4. The second-order valence-corrected chi connectivity index (χ2v) is 5.93. The summed E-state index contributed by atoms with van der Waals surface area (Å²) < 4.78 is 6.33. The van der Waals surface area contributed by atoms with Gasteiger partial charge in [0.2, 0.25) is 5.91 Å². The van der Waals surface area contributed by atoms with E-state index in [4.69, 9.17) is 4.74 Å². The number of carbonyl (C=O) groups excluding carboxylic acids is 1. The number of anilines is 1. The van der Waals surface area contributed by atoms with Crippen LogP contribution < -0.4 is 10.6 Å². The van der Waals surface area contributed by atoms with Gasteiger partial charge in [-0.3, -0.25) is 4.79 Å². The van der Waals surface area contributed by atoms with Crippen molar-refractivity contribution >= 4 is 27.7 Å². The van der Waals surface area contributed by atoms with Gasteiger partial charge in [0.05, 0.1) is 19.1 Å². The van der Waals surface area contributed by atoms with Crippen molar-refractivity contribution < 1.29 is 9.53 Å². The molecule has 5 nitrogen and oxygen atoms in total. The highest BCUT2D eigenvalue weighted by Gasteiger charge is 2.33. The molecule has 0 saturated carbocycles. The van der Waals surface area contributed by atoms with Gasteiger partial charge < -0.3 is 15.4 Å². The van der Waals surface area contributed by atoms with Crippen molar-refractivity contribution in [2.45, 2.75) is 26.3 Å². The van der Waals surface area contributed by atoms with Crippen LogP contribution in [-0.2, 0) is 9.53 Å². The molecule has 1 saturated heterocycles. The minimum Gasteiger partial charge on any atom is -0.379 e. The molecule has 110 valence electrons. The molecule has 0 bridgehead atoms.